The van der Waals surface area contributed by atoms with Crippen molar-refractivity contribution in [3.8, 4) is 0 Å². The molecule has 1 aromatic heterocycles. The van der Waals surface area contributed by atoms with Crippen molar-refractivity contribution in [1.29, 1.82) is 0 Å². The summed E-state index contributed by atoms with van der Waals surface area (Å²) in [6.45, 7) is 0. The van der Waals surface area contributed by atoms with E-state index >= 15 is 0 Å². The van der Waals surface area contributed by atoms with E-state index in [1.807, 2.05) is 0 Å². The molecule has 1 fully saturated rings. The summed E-state index contributed by atoms with van der Waals surface area (Å²) >= 11 is 0. The van der Waals surface area contributed by atoms with Crippen molar-refractivity contribution < 1.29 is 9.21 Å². The Morgan fingerprint density at radius 1 is 1.19 bits per heavy atom. The molecule has 5 heteroatoms. The lowest BCUT2D eigenvalue weighted by atomic mass is 9.92. The Labute approximate surface area is 122 Å². The summed E-state index contributed by atoms with van der Waals surface area (Å²) in [5, 5.41) is 3.40. The molecule has 0 aliphatic heterocycles. The first kappa shape index (κ1) is 13.8. The molecule has 0 atom stereocenters. The number of rotatable bonds is 2. The first-order valence-electron chi connectivity index (χ1n) is 7.23. The van der Waals surface area contributed by atoms with Gasteiger partial charge in [0.2, 0.25) is 0 Å². The third-order valence-corrected chi connectivity index (χ3v) is 3.97. The Kier molecular flexibility index (Phi) is 3.75. The van der Waals surface area contributed by atoms with Gasteiger partial charge in [0.15, 0.2) is 11.2 Å². The van der Waals surface area contributed by atoms with Gasteiger partial charge in [0.1, 0.15) is 5.58 Å². The summed E-state index contributed by atoms with van der Waals surface area (Å²) in [4.78, 5) is 24.2. The standard InChI is InChI=1S/C16H18N2O3/c17-10-5-7-11(8-6-10)18-16(20)15-9-13(19)12-3-1-2-4-14(12)21-15/h1-4,9-11H,5-8,17H2,(H,18,20). The maximum atomic E-state index is 12.2. The average molecular weight is 286 g/mol. The van der Waals surface area contributed by atoms with Gasteiger partial charge in [0.25, 0.3) is 5.91 Å². The first-order chi connectivity index (χ1) is 10.1. The van der Waals surface area contributed by atoms with Crippen molar-refractivity contribution in [3.63, 3.8) is 0 Å². The van der Waals surface area contributed by atoms with Gasteiger partial charge in [-0.25, -0.2) is 0 Å². The van der Waals surface area contributed by atoms with Crippen LogP contribution >= 0.6 is 0 Å². The topological polar surface area (TPSA) is 85.3 Å². The van der Waals surface area contributed by atoms with E-state index in [1.165, 1.54) is 6.07 Å². The van der Waals surface area contributed by atoms with Crippen molar-refractivity contribution >= 4 is 16.9 Å². The Balaban J connectivity index is 1.80. The summed E-state index contributed by atoms with van der Waals surface area (Å²) < 4.78 is 5.53. The largest absolute Gasteiger partial charge is 0.451 e. The zero-order chi connectivity index (χ0) is 14.8. The zero-order valence-electron chi connectivity index (χ0n) is 11.7. The van der Waals surface area contributed by atoms with Gasteiger partial charge in [-0.3, -0.25) is 9.59 Å². The van der Waals surface area contributed by atoms with E-state index in [1.54, 1.807) is 24.3 Å². The van der Waals surface area contributed by atoms with Gasteiger partial charge in [-0.15, -0.1) is 0 Å². The van der Waals surface area contributed by atoms with Crippen LogP contribution in [-0.4, -0.2) is 18.0 Å². The van der Waals surface area contributed by atoms with E-state index in [9.17, 15) is 9.59 Å². The summed E-state index contributed by atoms with van der Waals surface area (Å²) in [5.41, 5.74) is 6.08. The fourth-order valence-corrected chi connectivity index (χ4v) is 2.74. The number of para-hydroxylation sites is 1. The number of carbonyl (C=O) groups is 1. The fourth-order valence-electron chi connectivity index (χ4n) is 2.74. The Bertz CT molecular complexity index is 715. The summed E-state index contributed by atoms with van der Waals surface area (Å²) in [7, 11) is 0. The van der Waals surface area contributed by atoms with E-state index in [0.29, 0.717) is 11.0 Å². The van der Waals surface area contributed by atoms with Crippen LogP contribution in [0.5, 0.6) is 0 Å². The molecule has 0 radical (unpaired) electrons. The fraction of sp³-hybridized carbons (Fsp3) is 0.375. The van der Waals surface area contributed by atoms with Crippen LogP contribution in [0, 0.1) is 0 Å². The minimum atomic E-state index is -0.335. The number of hydrogen-bond donors (Lipinski definition) is 2. The van der Waals surface area contributed by atoms with Crippen molar-refractivity contribution in [2.75, 3.05) is 0 Å². The maximum Gasteiger partial charge on any atom is 0.287 e. The molecule has 1 saturated carbocycles. The minimum absolute atomic E-state index is 0.0635. The highest BCUT2D eigenvalue weighted by atomic mass is 16.3. The molecule has 1 aromatic carbocycles. The van der Waals surface area contributed by atoms with Crippen LogP contribution in [0.1, 0.15) is 36.2 Å². The molecule has 5 nitrogen and oxygen atoms in total. The van der Waals surface area contributed by atoms with Crippen molar-refractivity contribution in [3.05, 3.63) is 46.3 Å². The number of amides is 1. The highest BCUT2D eigenvalue weighted by Gasteiger charge is 2.21. The maximum absolute atomic E-state index is 12.2. The lowest BCUT2D eigenvalue weighted by Gasteiger charge is -2.26. The third-order valence-electron chi connectivity index (χ3n) is 3.97. The predicted octanol–water partition coefficient (Wildman–Crippen LogP) is 1.79. The number of benzene rings is 1. The average Bonchev–Trinajstić information content (AvgIpc) is 2.49. The number of hydrogen-bond acceptors (Lipinski definition) is 4. The molecule has 110 valence electrons. The van der Waals surface area contributed by atoms with Crippen LogP contribution in [0.3, 0.4) is 0 Å². The molecule has 21 heavy (non-hydrogen) atoms. The molecule has 3 N–H and O–H groups in total. The van der Waals surface area contributed by atoms with Crippen LogP contribution in [0.2, 0.25) is 0 Å². The molecule has 1 aliphatic carbocycles. The van der Waals surface area contributed by atoms with Crippen molar-refractivity contribution in [1.82, 2.24) is 5.32 Å². The van der Waals surface area contributed by atoms with E-state index in [-0.39, 0.29) is 29.2 Å². The lowest BCUT2D eigenvalue weighted by Crippen LogP contribution is -2.40. The second-order valence-corrected chi connectivity index (χ2v) is 5.56. The van der Waals surface area contributed by atoms with Crippen LogP contribution < -0.4 is 16.5 Å². The normalized spacial score (nSPS) is 22.1. The number of carbonyl (C=O) groups excluding carboxylic acids is 1. The molecule has 0 unspecified atom stereocenters. The smallest absolute Gasteiger partial charge is 0.287 e. The second kappa shape index (κ2) is 5.69. The van der Waals surface area contributed by atoms with Crippen molar-refractivity contribution in [2.24, 2.45) is 5.73 Å². The van der Waals surface area contributed by atoms with Gasteiger partial charge in [0, 0.05) is 18.2 Å². The lowest BCUT2D eigenvalue weighted by molar-refractivity contribution is 0.0898. The molecule has 2 aromatic rings. The Hall–Kier alpha value is -2.14. The Morgan fingerprint density at radius 3 is 2.67 bits per heavy atom. The number of nitrogens with two attached hydrogens (primary N) is 1. The van der Waals surface area contributed by atoms with Crippen LogP contribution in [0.25, 0.3) is 11.0 Å². The SMILES string of the molecule is NC1CCC(NC(=O)c2cc(=O)c3ccccc3o2)CC1. The molecule has 0 spiro atoms. The highest BCUT2D eigenvalue weighted by molar-refractivity contribution is 5.93. The van der Waals surface area contributed by atoms with Gasteiger partial charge in [-0.05, 0) is 37.8 Å². The quantitative estimate of drug-likeness (QED) is 0.881. The van der Waals surface area contributed by atoms with Gasteiger partial charge in [0.05, 0.1) is 5.39 Å². The first-order valence-corrected chi connectivity index (χ1v) is 7.23. The third kappa shape index (κ3) is 2.97. The molecule has 1 heterocycles. The molecular weight excluding hydrogens is 268 g/mol. The molecule has 1 aliphatic rings. The molecule has 3 rings (SSSR count). The van der Waals surface area contributed by atoms with Gasteiger partial charge >= 0.3 is 0 Å². The van der Waals surface area contributed by atoms with E-state index in [2.05, 4.69) is 5.32 Å². The minimum Gasteiger partial charge on any atom is -0.451 e. The van der Waals surface area contributed by atoms with Gasteiger partial charge in [-0.1, -0.05) is 12.1 Å². The zero-order valence-corrected chi connectivity index (χ0v) is 11.7. The van der Waals surface area contributed by atoms with Crippen molar-refractivity contribution in [2.45, 2.75) is 37.8 Å². The molecule has 0 saturated heterocycles. The molecule has 1 amide bonds. The van der Waals surface area contributed by atoms with E-state index in [4.69, 9.17) is 10.2 Å². The number of fused-ring (bicyclic) bond motifs is 1. The Morgan fingerprint density at radius 2 is 1.90 bits per heavy atom. The monoisotopic (exact) mass is 286 g/mol. The molecular formula is C16H18N2O3. The number of nitrogens with one attached hydrogen (secondary N) is 1. The summed E-state index contributed by atoms with van der Waals surface area (Å²) in [5.74, 6) is -0.271. The molecule has 0 bridgehead atoms. The van der Waals surface area contributed by atoms with E-state index in [0.717, 1.165) is 25.7 Å². The highest BCUT2D eigenvalue weighted by Crippen LogP contribution is 2.18. The van der Waals surface area contributed by atoms with Crippen LogP contribution in [0.15, 0.2) is 39.5 Å². The van der Waals surface area contributed by atoms with Gasteiger partial charge in [-0.2, -0.15) is 0 Å². The van der Waals surface area contributed by atoms with Gasteiger partial charge < -0.3 is 15.5 Å². The van der Waals surface area contributed by atoms with Crippen LogP contribution in [0.4, 0.5) is 0 Å². The predicted molar refractivity (Wildman–Crippen MR) is 80.2 cm³/mol. The second-order valence-electron chi connectivity index (χ2n) is 5.56. The van der Waals surface area contributed by atoms with Crippen LogP contribution in [-0.2, 0) is 0 Å². The summed E-state index contributed by atoms with van der Waals surface area (Å²) in [6.07, 6.45) is 3.55. The van der Waals surface area contributed by atoms with E-state index < -0.39 is 0 Å². The summed E-state index contributed by atoms with van der Waals surface area (Å²) in [6, 6.07) is 8.51.